The summed E-state index contributed by atoms with van der Waals surface area (Å²) in [6.45, 7) is 2.12. The first kappa shape index (κ1) is 14.0. The van der Waals surface area contributed by atoms with Gasteiger partial charge >= 0.3 is 5.97 Å². The van der Waals surface area contributed by atoms with E-state index in [-0.39, 0.29) is 23.2 Å². The van der Waals surface area contributed by atoms with Crippen LogP contribution in [0.5, 0.6) is 0 Å². The minimum absolute atomic E-state index is 0.0528. The van der Waals surface area contributed by atoms with Crippen molar-refractivity contribution in [1.82, 2.24) is 14.5 Å². The molecule has 0 aliphatic carbocycles. The normalized spacial score (nSPS) is 20.7. The second-order valence-corrected chi connectivity index (χ2v) is 6.29. The lowest BCUT2D eigenvalue weighted by Gasteiger charge is -2.14. The molecule has 0 radical (unpaired) electrons. The molecule has 1 fully saturated rings. The second-order valence-electron chi connectivity index (χ2n) is 4.43. The number of nitrogens with zero attached hydrogens (tertiary/aromatic N) is 2. The molecule has 1 aliphatic heterocycles. The fourth-order valence-corrected chi connectivity index (χ4v) is 3.66. The van der Waals surface area contributed by atoms with Gasteiger partial charge in [-0.2, -0.15) is 9.40 Å². The van der Waals surface area contributed by atoms with Crippen LogP contribution in [-0.2, 0) is 14.8 Å². The predicted molar refractivity (Wildman–Crippen MR) is 66.0 cm³/mol. The smallest absolute Gasteiger partial charge is 0.342 e. The van der Waals surface area contributed by atoms with Gasteiger partial charge in [-0.15, -0.1) is 0 Å². The van der Waals surface area contributed by atoms with Crippen molar-refractivity contribution < 1.29 is 17.9 Å². The van der Waals surface area contributed by atoms with Gasteiger partial charge < -0.3 is 10.5 Å². The van der Waals surface area contributed by atoms with E-state index in [0.29, 0.717) is 18.7 Å². The molecule has 1 saturated heterocycles. The average Bonchev–Trinajstić information content (AvgIpc) is 2.95. The number of hydrogen-bond donors (Lipinski definition) is 2. The summed E-state index contributed by atoms with van der Waals surface area (Å²) in [6, 6.07) is -0.184. The van der Waals surface area contributed by atoms with Crippen molar-refractivity contribution in [2.24, 2.45) is 5.73 Å². The first-order chi connectivity index (χ1) is 8.87. The van der Waals surface area contributed by atoms with E-state index < -0.39 is 16.0 Å². The molecule has 1 aromatic heterocycles. The van der Waals surface area contributed by atoms with E-state index >= 15 is 0 Å². The largest absolute Gasteiger partial charge is 0.465 e. The van der Waals surface area contributed by atoms with Gasteiger partial charge in [0.25, 0.3) is 10.0 Å². The molecule has 8 nitrogen and oxygen atoms in total. The Bertz CT molecular complexity index is 595. The van der Waals surface area contributed by atoms with Crippen LogP contribution >= 0.6 is 0 Å². The van der Waals surface area contributed by atoms with Gasteiger partial charge in [-0.3, -0.25) is 5.10 Å². The topological polar surface area (TPSA) is 118 Å². The van der Waals surface area contributed by atoms with Crippen LogP contribution in [0, 0.1) is 6.92 Å². The van der Waals surface area contributed by atoms with Crippen molar-refractivity contribution in [3.05, 3.63) is 11.3 Å². The number of nitrogens with two attached hydrogens (primary N) is 1. The van der Waals surface area contributed by atoms with Crippen LogP contribution in [-0.4, -0.2) is 55.1 Å². The van der Waals surface area contributed by atoms with Gasteiger partial charge in [0.1, 0.15) is 5.56 Å². The van der Waals surface area contributed by atoms with Crippen LogP contribution in [0.25, 0.3) is 0 Å². The van der Waals surface area contributed by atoms with E-state index in [2.05, 4.69) is 14.9 Å². The van der Waals surface area contributed by atoms with Gasteiger partial charge in [0.15, 0.2) is 0 Å². The van der Waals surface area contributed by atoms with Crippen molar-refractivity contribution in [2.45, 2.75) is 24.4 Å². The van der Waals surface area contributed by atoms with Gasteiger partial charge in [-0.05, 0) is 13.3 Å². The number of sulfonamides is 1. The number of rotatable bonds is 3. The molecule has 2 rings (SSSR count). The first-order valence-electron chi connectivity index (χ1n) is 5.77. The summed E-state index contributed by atoms with van der Waals surface area (Å²) in [4.78, 5) is 11.7. The standard InChI is InChI=1S/C10H16N4O4S/c1-6-8(10(15)18-2)9(13-12-6)19(16,17)14-4-3-7(11)5-14/h7H,3-5,11H2,1-2H3,(H,12,13). The van der Waals surface area contributed by atoms with Crippen LogP contribution in [0.15, 0.2) is 5.03 Å². The monoisotopic (exact) mass is 288 g/mol. The summed E-state index contributed by atoms with van der Waals surface area (Å²) in [6.07, 6.45) is 0.593. The summed E-state index contributed by atoms with van der Waals surface area (Å²) in [5.74, 6) is -0.728. The molecule has 9 heteroatoms. The van der Waals surface area contributed by atoms with E-state index in [4.69, 9.17) is 5.73 Å². The molecule has 0 aromatic carbocycles. The zero-order chi connectivity index (χ0) is 14.2. The van der Waals surface area contributed by atoms with Gasteiger partial charge in [-0.25, -0.2) is 13.2 Å². The summed E-state index contributed by atoms with van der Waals surface area (Å²) in [5.41, 5.74) is 6.01. The minimum atomic E-state index is -3.83. The summed E-state index contributed by atoms with van der Waals surface area (Å²) in [5, 5.41) is 5.94. The number of aryl methyl sites for hydroxylation is 1. The molecule has 106 valence electrons. The number of nitrogens with one attached hydrogen (secondary N) is 1. The maximum atomic E-state index is 12.4. The summed E-state index contributed by atoms with van der Waals surface area (Å²) < 4.78 is 30.7. The number of aromatic nitrogens is 2. The van der Waals surface area contributed by atoms with E-state index in [9.17, 15) is 13.2 Å². The molecule has 0 spiro atoms. The Morgan fingerprint density at radius 1 is 1.58 bits per heavy atom. The Morgan fingerprint density at radius 3 is 2.79 bits per heavy atom. The third kappa shape index (κ3) is 2.36. The van der Waals surface area contributed by atoms with Crippen molar-refractivity contribution >= 4 is 16.0 Å². The minimum Gasteiger partial charge on any atom is -0.465 e. The van der Waals surface area contributed by atoms with E-state index in [1.165, 1.54) is 11.4 Å². The van der Waals surface area contributed by atoms with Crippen LogP contribution in [0.2, 0.25) is 0 Å². The highest BCUT2D eigenvalue weighted by molar-refractivity contribution is 7.89. The maximum Gasteiger partial charge on any atom is 0.342 e. The molecular formula is C10H16N4O4S. The summed E-state index contributed by atoms with van der Waals surface area (Å²) in [7, 11) is -2.64. The quantitative estimate of drug-likeness (QED) is 0.705. The summed E-state index contributed by atoms with van der Waals surface area (Å²) >= 11 is 0. The zero-order valence-corrected chi connectivity index (χ0v) is 11.5. The van der Waals surface area contributed by atoms with Crippen LogP contribution < -0.4 is 5.73 Å². The number of carbonyl (C=O) groups excluding carboxylic acids is 1. The fourth-order valence-electron chi connectivity index (χ4n) is 2.03. The number of H-pyrrole nitrogens is 1. The van der Waals surface area contributed by atoms with Crippen molar-refractivity contribution in [1.29, 1.82) is 0 Å². The Hall–Kier alpha value is -1.45. The van der Waals surface area contributed by atoms with Gasteiger partial charge in [-0.1, -0.05) is 0 Å². The van der Waals surface area contributed by atoms with Gasteiger partial charge in [0.2, 0.25) is 5.03 Å². The molecule has 1 unspecified atom stereocenters. The second kappa shape index (κ2) is 4.91. The first-order valence-corrected chi connectivity index (χ1v) is 7.21. The number of aromatic amines is 1. The molecule has 3 N–H and O–H groups in total. The molecule has 1 aromatic rings. The lowest BCUT2D eigenvalue weighted by atomic mass is 10.3. The lowest BCUT2D eigenvalue weighted by Crippen LogP contribution is -2.33. The maximum absolute atomic E-state index is 12.4. The number of esters is 1. The van der Waals surface area contributed by atoms with Crippen LogP contribution in [0.1, 0.15) is 22.5 Å². The zero-order valence-electron chi connectivity index (χ0n) is 10.7. The molecule has 1 atom stereocenters. The highest BCUT2D eigenvalue weighted by atomic mass is 32.2. The van der Waals surface area contributed by atoms with Crippen molar-refractivity contribution in [3.63, 3.8) is 0 Å². The number of hydrogen-bond acceptors (Lipinski definition) is 6. The molecule has 0 bridgehead atoms. The third-order valence-electron chi connectivity index (χ3n) is 3.08. The van der Waals surface area contributed by atoms with E-state index in [1.807, 2.05) is 0 Å². The average molecular weight is 288 g/mol. The van der Waals surface area contributed by atoms with Crippen LogP contribution in [0.3, 0.4) is 0 Å². The molecule has 0 saturated carbocycles. The Kier molecular flexibility index (Phi) is 3.61. The highest BCUT2D eigenvalue weighted by Gasteiger charge is 2.36. The predicted octanol–water partition coefficient (Wildman–Crippen LogP) is -0.774. The highest BCUT2D eigenvalue weighted by Crippen LogP contribution is 2.24. The van der Waals surface area contributed by atoms with E-state index in [1.54, 1.807) is 6.92 Å². The molecular weight excluding hydrogens is 272 g/mol. The number of carbonyl (C=O) groups is 1. The van der Waals surface area contributed by atoms with Gasteiger partial charge in [0.05, 0.1) is 7.11 Å². The fraction of sp³-hybridized carbons (Fsp3) is 0.600. The molecule has 19 heavy (non-hydrogen) atoms. The molecule has 2 heterocycles. The van der Waals surface area contributed by atoms with E-state index in [0.717, 1.165) is 0 Å². The Labute approximate surface area is 111 Å². The molecule has 0 amide bonds. The van der Waals surface area contributed by atoms with Crippen molar-refractivity contribution in [3.8, 4) is 0 Å². The Morgan fingerprint density at radius 2 is 2.26 bits per heavy atom. The van der Waals surface area contributed by atoms with Gasteiger partial charge in [0, 0.05) is 24.8 Å². The molecule has 1 aliphatic rings. The number of ether oxygens (including phenoxy) is 1. The van der Waals surface area contributed by atoms with Crippen LogP contribution in [0.4, 0.5) is 0 Å². The Balaban J connectivity index is 2.44. The van der Waals surface area contributed by atoms with Crippen molar-refractivity contribution in [2.75, 3.05) is 20.2 Å². The third-order valence-corrected chi connectivity index (χ3v) is 4.87. The number of methoxy groups -OCH3 is 1. The lowest BCUT2D eigenvalue weighted by molar-refractivity contribution is 0.0595. The SMILES string of the molecule is COC(=O)c1c(S(=O)(=O)N2CCC(N)C2)n[nH]c1C.